The standard InChI is InChI=1S/C11H12FNOS/c12-9-3-1-2-4-10(9)13-11(14)8-5-6-15-7-8/h1-4,8H,5-7H2,(H,13,14)/t8-/m0/s1. The van der Waals surface area contributed by atoms with E-state index in [9.17, 15) is 9.18 Å². The first-order chi connectivity index (χ1) is 7.27. The maximum absolute atomic E-state index is 13.2. The van der Waals surface area contributed by atoms with Crippen molar-refractivity contribution in [1.82, 2.24) is 0 Å². The SMILES string of the molecule is O=C(Nc1ccccc1F)[C@H]1CCSC1. The zero-order chi connectivity index (χ0) is 10.7. The highest BCUT2D eigenvalue weighted by Gasteiger charge is 2.23. The number of carbonyl (C=O) groups excluding carboxylic acids is 1. The van der Waals surface area contributed by atoms with Crippen LogP contribution in [0.3, 0.4) is 0 Å². The first-order valence-electron chi connectivity index (χ1n) is 4.90. The summed E-state index contributed by atoms with van der Waals surface area (Å²) in [6.07, 6.45) is 0.894. The van der Waals surface area contributed by atoms with Crippen molar-refractivity contribution in [3.8, 4) is 0 Å². The Bertz CT molecular complexity index is 363. The molecule has 0 spiro atoms. The van der Waals surface area contributed by atoms with Crippen molar-refractivity contribution in [3.05, 3.63) is 30.1 Å². The smallest absolute Gasteiger partial charge is 0.228 e. The van der Waals surface area contributed by atoms with Crippen molar-refractivity contribution in [1.29, 1.82) is 0 Å². The molecule has 1 aromatic carbocycles. The quantitative estimate of drug-likeness (QED) is 0.838. The maximum Gasteiger partial charge on any atom is 0.228 e. The van der Waals surface area contributed by atoms with E-state index in [2.05, 4.69) is 5.32 Å². The molecule has 0 unspecified atom stereocenters. The number of anilines is 1. The summed E-state index contributed by atoms with van der Waals surface area (Å²) in [5.41, 5.74) is 0.277. The Kier molecular flexibility index (Phi) is 3.26. The van der Waals surface area contributed by atoms with E-state index < -0.39 is 0 Å². The summed E-state index contributed by atoms with van der Waals surface area (Å²) in [6.45, 7) is 0. The third kappa shape index (κ3) is 2.50. The third-order valence-corrected chi connectivity index (χ3v) is 3.59. The molecule has 1 aliphatic rings. The molecule has 2 rings (SSSR count). The van der Waals surface area contributed by atoms with E-state index in [1.165, 1.54) is 6.07 Å². The van der Waals surface area contributed by atoms with Crippen molar-refractivity contribution in [2.75, 3.05) is 16.8 Å². The van der Waals surface area contributed by atoms with Crippen LogP contribution in [-0.4, -0.2) is 17.4 Å². The minimum atomic E-state index is -0.378. The van der Waals surface area contributed by atoms with Gasteiger partial charge in [-0.2, -0.15) is 11.8 Å². The zero-order valence-electron chi connectivity index (χ0n) is 8.20. The average Bonchev–Trinajstić information content (AvgIpc) is 2.74. The van der Waals surface area contributed by atoms with Gasteiger partial charge in [-0.15, -0.1) is 0 Å². The van der Waals surface area contributed by atoms with E-state index in [0.29, 0.717) is 0 Å². The first-order valence-corrected chi connectivity index (χ1v) is 6.06. The molecule has 1 heterocycles. The Hall–Kier alpha value is -1.03. The lowest BCUT2D eigenvalue weighted by molar-refractivity contribution is -0.119. The predicted molar refractivity (Wildman–Crippen MR) is 60.5 cm³/mol. The number of halogens is 1. The molecule has 1 aromatic rings. The third-order valence-electron chi connectivity index (χ3n) is 2.43. The van der Waals surface area contributed by atoms with Crippen LogP contribution in [0.4, 0.5) is 10.1 Å². The van der Waals surface area contributed by atoms with Gasteiger partial charge >= 0.3 is 0 Å². The molecule has 0 saturated carbocycles. The highest BCUT2D eigenvalue weighted by Crippen LogP contribution is 2.25. The molecule has 15 heavy (non-hydrogen) atoms. The normalized spacial score (nSPS) is 20.2. The lowest BCUT2D eigenvalue weighted by Gasteiger charge is -2.10. The fourth-order valence-corrected chi connectivity index (χ4v) is 2.76. The number of nitrogens with one attached hydrogen (secondary N) is 1. The second-order valence-corrected chi connectivity index (χ2v) is 4.68. The van der Waals surface area contributed by atoms with Gasteiger partial charge < -0.3 is 5.32 Å². The van der Waals surface area contributed by atoms with Crippen LogP contribution >= 0.6 is 11.8 Å². The van der Waals surface area contributed by atoms with Crippen molar-refractivity contribution >= 4 is 23.4 Å². The molecule has 0 bridgehead atoms. The second kappa shape index (κ2) is 4.66. The number of carbonyl (C=O) groups is 1. The molecular formula is C11H12FNOS. The Morgan fingerprint density at radius 1 is 1.47 bits per heavy atom. The number of amides is 1. The molecule has 1 aliphatic heterocycles. The van der Waals surface area contributed by atoms with Gasteiger partial charge in [0.05, 0.1) is 5.69 Å². The molecular weight excluding hydrogens is 213 g/mol. The number of hydrogen-bond acceptors (Lipinski definition) is 2. The minimum absolute atomic E-state index is 0.0367. The number of para-hydroxylation sites is 1. The fourth-order valence-electron chi connectivity index (χ4n) is 1.54. The molecule has 1 saturated heterocycles. The molecule has 80 valence electrons. The van der Waals surface area contributed by atoms with Crippen LogP contribution in [0, 0.1) is 11.7 Å². The average molecular weight is 225 g/mol. The number of benzene rings is 1. The van der Waals surface area contributed by atoms with Crippen LogP contribution in [0.2, 0.25) is 0 Å². The van der Waals surface area contributed by atoms with Gasteiger partial charge in [0.1, 0.15) is 5.82 Å². The topological polar surface area (TPSA) is 29.1 Å². The van der Waals surface area contributed by atoms with Crippen LogP contribution in [0.25, 0.3) is 0 Å². The highest BCUT2D eigenvalue weighted by atomic mass is 32.2. The summed E-state index contributed by atoms with van der Waals surface area (Å²) in [5.74, 6) is 1.46. The van der Waals surface area contributed by atoms with Crippen LogP contribution in [0.1, 0.15) is 6.42 Å². The Balaban J connectivity index is 2.02. The minimum Gasteiger partial charge on any atom is -0.323 e. The summed E-state index contributed by atoms with van der Waals surface area (Å²) in [7, 11) is 0. The summed E-state index contributed by atoms with van der Waals surface area (Å²) >= 11 is 1.77. The number of rotatable bonds is 2. The summed E-state index contributed by atoms with van der Waals surface area (Å²) in [5, 5.41) is 2.62. The molecule has 1 amide bonds. The van der Waals surface area contributed by atoms with Gasteiger partial charge in [0.15, 0.2) is 0 Å². The molecule has 2 nitrogen and oxygen atoms in total. The van der Waals surface area contributed by atoms with Gasteiger partial charge in [0, 0.05) is 11.7 Å². The van der Waals surface area contributed by atoms with Crippen molar-refractivity contribution in [2.24, 2.45) is 5.92 Å². The fraction of sp³-hybridized carbons (Fsp3) is 0.364. The van der Waals surface area contributed by atoms with E-state index in [4.69, 9.17) is 0 Å². The van der Waals surface area contributed by atoms with E-state index >= 15 is 0 Å². The molecule has 0 aromatic heterocycles. The van der Waals surface area contributed by atoms with Crippen LogP contribution in [0.5, 0.6) is 0 Å². The summed E-state index contributed by atoms with van der Waals surface area (Å²) < 4.78 is 13.2. The molecule has 4 heteroatoms. The molecule has 0 radical (unpaired) electrons. The van der Waals surface area contributed by atoms with Gasteiger partial charge in [-0.05, 0) is 24.3 Å². The Morgan fingerprint density at radius 3 is 2.93 bits per heavy atom. The predicted octanol–water partition coefficient (Wildman–Crippen LogP) is 2.52. The first kappa shape index (κ1) is 10.5. The lowest BCUT2D eigenvalue weighted by Crippen LogP contribution is -2.22. The molecule has 1 fully saturated rings. The largest absolute Gasteiger partial charge is 0.323 e. The second-order valence-electron chi connectivity index (χ2n) is 3.53. The Morgan fingerprint density at radius 2 is 2.27 bits per heavy atom. The van der Waals surface area contributed by atoms with E-state index in [-0.39, 0.29) is 23.3 Å². The van der Waals surface area contributed by atoms with Gasteiger partial charge in [0.25, 0.3) is 0 Å². The summed E-state index contributed by atoms with van der Waals surface area (Å²) in [6, 6.07) is 6.24. The number of hydrogen-bond donors (Lipinski definition) is 1. The van der Waals surface area contributed by atoms with Gasteiger partial charge in [-0.25, -0.2) is 4.39 Å². The molecule has 0 aliphatic carbocycles. The van der Waals surface area contributed by atoms with E-state index in [1.807, 2.05) is 0 Å². The van der Waals surface area contributed by atoms with Crippen LogP contribution in [-0.2, 0) is 4.79 Å². The summed E-state index contributed by atoms with van der Waals surface area (Å²) in [4.78, 5) is 11.7. The van der Waals surface area contributed by atoms with Crippen LogP contribution in [0.15, 0.2) is 24.3 Å². The van der Waals surface area contributed by atoms with Crippen molar-refractivity contribution < 1.29 is 9.18 Å². The van der Waals surface area contributed by atoms with E-state index in [0.717, 1.165) is 17.9 Å². The molecule has 1 N–H and O–H groups in total. The zero-order valence-corrected chi connectivity index (χ0v) is 9.02. The molecule has 1 atom stereocenters. The highest BCUT2D eigenvalue weighted by molar-refractivity contribution is 7.99. The van der Waals surface area contributed by atoms with Crippen molar-refractivity contribution in [3.63, 3.8) is 0 Å². The van der Waals surface area contributed by atoms with E-state index in [1.54, 1.807) is 30.0 Å². The van der Waals surface area contributed by atoms with Gasteiger partial charge in [-0.3, -0.25) is 4.79 Å². The monoisotopic (exact) mass is 225 g/mol. The van der Waals surface area contributed by atoms with Gasteiger partial charge in [-0.1, -0.05) is 12.1 Å². The number of thioether (sulfide) groups is 1. The lowest BCUT2D eigenvalue weighted by atomic mass is 10.1. The van der Waals surface area contributed by atoms with Crippen LogP contribution < -0.4 is 5.32 Å². The Labute approximate surface area is 92.3 Å². The van der Waals surface area contributed by atoms with Crippen molar-refractivity contribution in [2.45, 2.75) is 6.42 Å². The van der Waals surface area contributed by atoms with Gasteiger partial charge in [0.2, 0.25) is 5.91 Å². The maximum atomic E-state index is 13.2.